The fraction of sp³-hybridized carbons (Fsp3) is 0.550. The number of imidazole rings is 1. The van der Waals surface area contributed by atoms with E-state index < -0.39 is 17.2 Å². The van der Waals surface area contributed by atoms with Crippen molar-refractivity contribution in [3.05, 3.63) is 30.1 Å². The highest BCUT2D eigenvalue weighted by Crippen LogP contribution is 2.14. The van der Waals surface area contributed by atoms with E-state index in [1.807, 2.05) is 65.9 Å². The van der Waals surface area contributed by atoms with Crippen molar-refractivity contribution >= 4 is 23.1 Å². The van der Waals surface area contributed by atoms with E-state index in [4.69, 9.17) is 4.74 Å². The lowest BCUT2D eigenvalue weighted by molar-refractivity contribution is 0.0474. The number of benzene rings is 1. The third kappa shape index (κ3) is 6.14. The summed E-state index contributed by atoms with van der Waals surface area (Å²) in [7, 11) is 3.70. The van der Waals surface area contributed by atoms with Crippen molar-refractivity contribution < 1.29 is 9.53 Å². The highest BCUT2D eigenvalue weighted by atomic mass is 16.6. The second-order valence-electron chi connectivity index (χ2n) is 8.37. The predicted molar refractivity (Wildman–Crippen MR) is 112 cm³/mol. The Hall–Kier alpha value is -2.77. The van der Waals surface area contributed by atoms with E-state index in [2.05, 4.69) is 30.5 Å². The average Bonchev–Trinajstić information content (AvgIpc) is 2.89. The fourth-order valence-corrected chi connectivity index (χ4v) is 2.67. The highest BCUT2D eigenvalue weighted by molar-refractivity contribution is 5.80. The Bertz CT molecular complexity index is 848. The SMILES string of the molecule is CN=C(NCc1nc2ccccc2n1C)NCC(C)(C)NC(=O)OC(C)(C)C. The first kappa shape index (κ1) is 21.5. The molecule has 28 heavy (non-hydrogen) atoms. The molecule has 0 aliphatic rings. The molecule has 0 radical (unpaired) electrons. The molecule has 8 heteroatoms. The Balaban J connectivity index is 1.90. The number of nitrogens with one attached hydrogen (secondary N) is 3. The fourth-order valence-electron chi connectivity index (χ4n) is 2.67. The molecule has 0 aliphatic carbocycles. The summed E-state index contributed by atoms with van der Waals surface area (Å²) in [5.41, 5.74) is 1.01. The van der Waals surface area contributed by atoms with Crippen molar-refractivity contribution in [2.75, 3.05) is 13.6 Å². The first-order valence-electron chi connectivity index (χ1n) is 9.37. The molecule has 8 nitrogen and oxygen atoms in total. The maximum absolute atomic E-state index is 12.0. The lowest BCUT2D eigenvalue weighted by atomic mass is 10.1. The van der Waals surface area contributed by atoms with Crippen molar-refractivity contribution in [2.24, 2.45) is 12.0 Å². The number of aromatic nitrogens is 2. The van der Waals surface area contributed by atoms with Crippen LogP contribution in [0.5, 0.6) is 0 Å². The number of nitrogens with zero attached hydrogens (tertiary/aromatic N) is 3. The molecule has 0 spiro atoms. The van der Waals surface area contributed by atoms with Gasteiger partial charge in [0.05, 0.1) is 23.1 Å². The molecule has 0 fully saturated rings. The van der Waals surface area contributed by atoms with Crippen molar-refractivity contribution in [3.63, 3.8) is 0 Å². The molecule has 2 rings (SSSR count). The monoisotopic (exact) mass is 388 g/mol. The molecular formula is C20H32N6O2. The molecule has 0 aliphatic heterocycles. The van der Waals surface area contributed by atoms with Crippen LogP contribution in [0.2, 0.25) is 0 Å². The summed E-state index contributed by atoms with van der Waals surface area (Å²) in [6, 6.07) is 8.02. The molecule has 0 saturated heterocycles. The standard InChI is InChI=1S/C20H32N6O2/c1-19(2,3)28-18(27)25-20(4,5)13-23-17(21-6)22-12-16-24-14-10-8-9-11-15(14)26(16)7/h8-11H,12-13H2,1-7H3,(H,25,27)(H2,21,22,23). The number of carbonyl (C=O) groups excluding carboxylic acids is 1. The average molecular weight is 389 g/mol. The number of alkyl carbamates (subject to hydrolysis) is 1. The smallest absolute Gasteiger partial charge is 0.408 e. The normalized spacial score (nSPS) is 12.8. The van der Waals surface area contributed by atoms with Gasteiger partial charge in [-0.2, -0.15) is 0 Å². The molecule has 3 N–H and O–H groups in total. The van der Waals surface area contributed by atoms with Crippen molar-refractivity contribution in [1.29, 1.82) is 0 Å². The summed E-state index contributed by atoms with van der Waals surface area (Å²) in [6.45, 7) is 10.4. The van der Waals surface area contributed by atoms with Crippen LogP contribution in [-0.2, 0) is 18.3 Å². The van der Waals surface area contributed by atoms with Crippen LogP contribution in [0.4, 0.5) is 4.79 Å². The van der Waals surface area contributed by atoms with Crippen LogP contribution < -0.4 is 16.0 Å². The number of hydrogen-bond donors (Lipinski definition) is 3. The number of aliphatic imine (C=N–C) groups is 1. The Kier molecular flexibility index (Phi) is 6.53. The molecular weight excluding hydrogens is 356 g/mol. The van der Waals surface area contributed by atoms with Gasteiger partial charge in [-0.1, -0.05) is 12.1 Å². The van der Waals surface area contributed by atoms with E-state index in [0.717, 1.165) is 16.9 Å². The molecule has 1 aromatic heterocycles. The molecule has 2 aromatic rings. The molecule has 1 aromatic carbocycles. The minimum absolute atomic E-state index is 0.443. The quantitative estimate of drug-likeness (QED) is 0.541. The van der Waals surface area contributed by atoms with Crippen molar-refractivity contribution in [2.45, 2.75) is 52.3 Å². The molecule has 0 atom stereocenters. The second-order valence-corrected chi connectivity index (χ2v) is 8.37. The minimum atomic E-state index is -0.531. The van der Waals surface area contributed by atoms with Gasteiger partial charge in [0.1, 0.15) is 11.4 Å². The number of para-hydroxylation sites is 2. The van der Waals surface area contributed by atoms with Crippen LogP contribution in [0, 0.1) is 0 Å². The van der Waals surface area contributed by atoms with Gasteiger partial charge in [0, 0.05) is 20.6 Å². The maximum atomic E-state index is 12.0. The van der Waals surface area contributed by atoms with Crippen LogP contribution in [0.3, 0.4) is 0 Å². The van der Waals surface area contributed by atoms with Crippen LogP contribution in [0.25, 0.3) is 11.0 Å². The number of ether oxygens (including phenoxy) is 1. The first-order valence-corrected chi connectivity index (χ1v) is 9.37. The lowest BCUT2D eigenvalue weighted by Crippen LogP contribution is -2.54. The van der Waals surface area contributed by atoms with E-state index in [1.165, 1.54) is 0 Å². The number of fused-ring (bicyclic) bond motifs is 1. The predicted octanol–water partition coefficient (Wildman–Crippen LogP) is 2.54. The first-order chi connectivity index (χ1) is 13.0. The van der Waals surface area contributed by atoms with Gasteiger partial charge in [-0.25, -0.2) is 9.78 Å². The number of amides is 1. The summed E-state index contributed by atoms with van der Waals surface area (Å²) in [4.78, 5) is 20.9. The Morgan fingerprint density at radius 1 is 1.18 bits per heavy atom. The summed E-state index contributed by atoms with van der Waals surface area (Å²) in [5, 5.41) is 9.37. The number of rotatable bonds is 5. The summed E-state index contributed by atoms with van der Waals surface area (Å²) < 4.78 is 7.38. The number of hydrogen-bond acceptors (Lipinski definition) is 4. The van der Waals surface area contributed by atoms with Gasteiger partial charge in [-0.3, -0.25) is 4.99 Å². The zero-order chi connectivity index (χ0) is 20.9. The van der Waals surface area contributed by atoms with Gasteiger partial charge in [-0.05, 0) is 46.8 Å². The number of guanidine groups is 1. The number of aryl methyl sites for hydroxylation is 1. The van der Waals surface area contributed by atoms with E-state index in [-0.39, 0.29) is 0 Å². The Morgan fingerprint density at radius 3 is 2.46 bits per heavy atom. The zero-order valence-corrected chi connectivity index (χ0v) is 17.9. The van der Waals surface area contributed by atoms with Crippen LogP contribution in [0.15, 0.2) is 29.3 Å². The van der Waals surface area contributed by atoms with Crippen molar-refractivity contribution in [3.8, 4) is 0 Å². The van der Waals surface area contributed by atoms with E-state index in [1.54, 1.807) is 7.05 Å². The second kappa shape index (κ2) is 8.50. The molecule has 1 heterocycles. The largest absolute Gasteiger partial charge is 0.444 e. The lowest BCUT2D eigenvalue weighted by Gasteiger charge is -2.29. The van der Waals surface area contributed by atoms with Gasteiger partial charge in [0.25, 0.3) is 0 Å². The molecule has 0 saturated carbocycles. The number of carbonyl (C=O) groups is 1. The summed E-state index contributed by atoms with van der Waals surface area (Å²) in [5.74, 6) is 1.54. The van der Waals surface area contributed by atoms with E-state index in [0.29, 0.717) is 19.0 Å². The molecule has 0 bridgehead atoms. The highest BCUT2D eigenvalue weighted by Gasteiger charge is 2.24. The van der Waals surface area contributed by atoms with Crippen LogP contribution in [0.1, 0.15) is 40.4 Å². The van der Waals surface area contributed by atoms with Crippen LogP contribution in [-0.4, -0.2) is 46.3 Å². The summed E-state index contributed by atoms with van der Waals surface area (Å²) >= 11 is 0. The summed E-state index contributed by atoms with van der Waals surface area (Å²) in [6.07, 6.45) is -0.443. The van der Waals surface area contributed by atoms with Gasteiger partial charge in [-0.15, -0.1) is 0 Å². The van der Waals surface area contributed by atoms with Gasteiger partial charge in [0.2, 0.25) is 0 Å². The topological polar surface area (TPSA) is 92.6 Å². The van der Waals surface area contributed by atoms with Gasteiger partial charge in [0.15, 0.2) is 5.96 Å². The third-order valence-electron chi connectivity index (χ3n) is 4.05. The van der Waals surface area contributed by atoms with E-state index in [9.17, 15) is 4.79 Å². The van der Waals surface area contributed by atoms with Crippen LogP contribution >= 0.6 is 0 Å². The third-order valence-corrected chi connectivity index (χ3v) is 4.05. The van der Waals surface area contributed by atoms with Crippen molar-refractivity contribution in [1.82, 2.24) is 25.5 Å². The van der Waals surface area contributed by atoms with E-state index >= 15 is 0 Å². The minimum Gasteiger partial charge on any atom is -0.444 e. The molecule has 0 unspecified atom stereocenters. The molecule has 154 valence electrons. The molecule has 1 amide bonds. The van der Waals surface area contributed by atoms with Gasteiger partial charge < -0.3 is 25.3 Å². The Labute approximate surface area is 166 Å². The van der Waals surface area contributed by atoms with Gasteiger partial charge >= 0.3 is 6.09 Å². The maximum Gasteiger partial charge on any atom is 0.408 e. The Morgan fingerprint density at radius 2 is 1.86 bits per heavy atom. The zero-order valence-electron chi connectivity index (χ0n) is 17.9.